The minimum Gasteiger partial charge on any atom is -0.349 e. The van der Waals surface area contributed by atoms with Gasteiger partial charge in [0.1, 0.15) is 11.6 Å². The lowest BCUT2D eigenvalue weighted by Gasteiger charge is -2.11. The lowest BCUT2D eigenvalue weighted by atomic mass is 10.1. The Hall–Kier alpha value is -3.03. The van der Waals surface area contributed by atoms with Crippen molar-refractivity contribution in [3.63, 3.8) is 0 Å². The fourth-order valence-electron chi connectivity index (χ4n) is 3.34. The smallest absolute Gasteiger partial charge is 0.262 e. The van der Waals surface area contributed by atoms with Crippen LogP contribution in [0.15, 0.2) is 54.1 Å². The summed E-state index contributed by atoms with van der Waals surface area (Å²) in [5.74, 6) is -0.343. The maximum atomic E-state index is 12.5. The number of nitrogens with one attached hydrogen (secondary N) is 1. The molecule has 0 saturated heterocycles. The van der Waals surface area contributed by atoms with Gasteiger partial charge < -0.3 is 9.88 Å². The van der Waals surface area contributed by atoms with Crippen LogP contribution >= 0.6 is 11.6 Å². The van der Waals surface area contributed by atoms with E-state index in [0.29, 0.717) is 11.6 Å². The van der Waals surface area contributed by atoms with E-state index in [0.717, 1.165) is 34.1 Å². The average Bonchev–Trinajstić information content (AvgIpc) is 2.98. The van der Waals surface area contributed by atoms with Crippen LogP contribution in [0.1, 0.15) is 37.1 Å². The van der Waals surface area contributed by atoms with Crippen molar-refractivity contribution in [2.45, 2.75) is 39.8 Å². The highest BCUT2D eigenvalue weighted by molar-refractivity contribution is 6.31. The molecule has 0 unspecified atom stereocenters. The summed E-state index contributed by atoms with van der Waals surface area (Å²) >= 11 is 6.37. The van der Waals surface area contributed by atoms with Crippen LogP contribution < -0.4 is 5.32 Å². The number of hydrogen-bond donors (Lipinski definition) is 1. The zero-order chi connectivity index (χ0) is 21.0. The second-order valence-electron chi connectivity index (χ2n) is 7.15. The van der Waals surface area contributed by atoms with Gasteiger partial charge in [-0.3, -0.25) is 4.79 Å². The van der Waals surface area contributed by atoms with Crippen LogP contribution in [0, 0.1) is 18.3 Å². The van der Waals surface area contributed by atoms with E-state index in [1.165, 1.54) is 0 Å². The largest absolute Gasteiger partial charge is 0.349 e. The summed E-state index contributed by atoms with van der Waals surface area (Å²) in [4.78, 5) is 12.5. The van der Waals surface area contributed by atoms with E-state index < -0.39 is 0 Å². The standard InChI is InChI=1S/C24H24ClN3O/c1-4-16(2)27-24(29)19(14-26)13-21-17(3)28(23-12-8-6-10-20(21)23)15-18-9-5-7-11-22(18)25/h5-13,16H,4,15H2,1-3H3,(H,27,29)/b19-13+/t16-/m1/s1. The zero-order valence-corrected chi connectivity index (χ0v) is 17.6. The third-order valence-electron chi connectivity index (χ3n) is 5.21. The van der Waals surface area contributed by atoms with Crippen LogP contribution in [-0.2, 0) is 11.3 Å². The highest BCUT2D eigenvalue weighted by Gasteiger charge is 2.17. The Kier molecular flexibility index (Phi) is 6.41. The summed E-state index contributed by atoms with van der Waals surface area (Å²) < 4.78 is 2.17. The molecule has 1 N–H and O–H groups in total. The lowest BCUT2D eigenvalue weighted by molar-refractivity contribution is -0.117. The first-order chi connectivity index (χ1) is 14.0. The van der Waals surface area contributed by atoms with E-state index in [1.54, 1.807) is 6.08 Å². The summed E-state index contributed by atoms with van der Waals surface area (Å²) in [7, 11) is 0. The monoisotopic (exact) mass is 405 g/mol. The number of nitriles is 1. The van der Waals surface area contributed by atoms with Crippen molar-refractivity contribution in [1.29, 1.82) is 5.26 Å². The Morgan fingerprint density at radius 1 is 1.24 bits per heavy atom. The SMILES string of the molecule is CC[C@@H](C)NC(=O)/C(C#N)=C/c1c(C)n(Cc2ccccc2Cl)c2ccccc12. The Bertz CT molecular complexity index is 1120. The highest BCUT2D eigenvalue weighted by atomic mass is 35.5. The molecule has 148 valence electrons. The molecule has 0 saturated carbocycles. The summed E-state index contributed by atoms with van der Waals surface area (Å²) in [6.45, 7) is 6.53. The van der Waals surface area contributed by atoms with Gasteiger partial charge in [-0.15, -0.1) is 0 Å². The number of nitrogens with zero attached hydrogens (tertiary/aromatic N) is 2. The van der Waals surface area contributed by atoms with Crippen molar-refractivity contribution in [2.24, 2.45) is 0 Å². The molecule has 0 bridgehead atoms. The van der Waals surface area contributed by atoms with Crippen LogP contribution in [0.3, 0.4) is 0 Å². The van der Waals surface area contributed by atoms with E-state index in [9.17, 15) is 10.1 Å². The first-order valence-electron chi connectivity index (χ1n) is 9.70. The Morgan fingerprint density at radius 2 is 1.93 bits per heavy atom. The predicted molar refractivity (Wildman–Crippen MR) is 119 cm³/mol. The molecule has 1 heterocycles. The maximum absolute atomic E-state index is 12.5. The van der Waals surface area contributed by atoms with Crippen molar-refractivity contribution in [2.75, 3.05) is 0 Å². The molecule has 0 aliphatic rings. The van der Waals surface area contributed by atoms with Gasteiger partial charge in [0.2, 0.25) is 0 Å². The van der Waals surface area contributed by atoms with Gasteiger partial charge in [-0.05, 0) is 44.0 Å². The molecule has 4 nitrogen and oxygen atoms in total. The molecular weight excluding hydrogens is 382 g/mol. The Morgan fingerprint density at radius 3 is 2.62 bits per heavy atom. The Balaban J connectivity index is 2.10. The van der Waals surface area contributed by atoms with Crippen molar-refractivity contribution < 1.29 is 4.79 Å². The molecule has 3 aromatic rings. The molecule has 0 aliphatic carbocycles. The number of benzene rings is 2. The van der Waals surface area contributed by atoms with Crippen molar-refractivity contribution >= 4 is 34.5 Å². The van der Waals surface area contributed by atoms with E-state index in [2.05, 4.69) is 16.0 Å². The minimum absolute atomic E-state index is 0.0157. The molecule has 29 heavy (non-hydrogen) atoms. The number of halogens is 1. The minimum atomic E-state index is -0.343. The van der Waals surface area contributed by atoms with Gasteiger partial charge in [0.25, 0.3) is 5.91 Å². The van der Waals surface area contributed by atoms with E-state index >= 15 is 0 Å². The van der Waals surface area contributed by atoms with E-state index in [4.69, 9.17) is 11.6 Å². The molecule has 1 atom stereocenters. The quantitative estimate of drug-likeness (QED) is 0.436. The van der Waals surface area contributed by atoms with Gasteiger partial charge in [0.05, 0.1) is 0 Å². The number of hydrogen-bond acceptors (Lipinski definition) is 2. The van der Waals surface area contributed by atoms with E-state index in [1.807, 2.05) is 69.3 Å². The second-order valence-corrected chi connectivity index (χ2v) is 7.55. The maximum Gasteiger partial charge on any atom is 0.262 e. The first-order valence-corrected chi connectivity index (χ1v) is 10.1. The van der Waals surface area contributed by atoms with E-state index in [-0.39, 0.29) is 17.5 Å². The molecule has 1 amide bonds. The van der Waals surface area contributed by atoms with Crippen LogP contribution in [0.4, 0.5) is 0 Å². The summed E-state index contributed by atoms with van der Waals surface area (Å²) in [6.07, 6.45) is 2.50. The number of rotatable bonds is 6. The number of carbonyl (C=O) groups excluding carboxylic acids is 1. The van der Waals surface area contributed by atoms with Gasteiger partial charge in [-0.1, -0.05) is 54.9 Å². The number of aromatic nitrogens is 1. The number of carbonyl (C=O) groups is 1. The van der Waals surface area contributed by atoms with Crippen LogP contribution in [0.5, 0.6) is 0 Å². The molecule has 3 rings (SSSR count). The first kappa shape index (κ1) is 20.7. The fraction of sp³-hybridized carbons (Fsp3) is 0.250. The number of amides is 1. The summed E-state index contributed by atoms with van der Waals surface area (Å²) in [5.41, 5.74) is 4.02. The Labute approximate surface area is 176 Å². The van der Waals surface area contributed by atoms with Crippen LogP contribution in [0.25, 0.3) is 17.0 Å². The zero-order valence-electron chi connectivity index (χ0n) is 16.9. The topological polar surface area (TPSA) is 57.8 Å². The molecular formula is C24H24ClN3O. The number of para-hydroxylation sites is 1. The predicted octanol–water partition coefficient (Wildman–Crippen LogP) is 5.47. The van der Waals surface area contributed by atoms with Crippen molar-refractivity contribution in [3.8, 4) is 6.07 Å². The number of fused-ring (bicyclic) bond motifs is 1. The fourth-order valence-corrected chi connectivity index (χ4v) is 3.53. The van der Waals surface area contributed by atoms with Crippen molar-refractivity contribution in [3.05, 3.63) is 75.9 Å². The van der Waals surface area contributed by atoms with Gasteiger partial charge in [0.15, 0.2) is 0 Å². The third kappa shape index (κ3) is 4.36. The molecule has 0 aliphatic heterocycles. The summed E-state index contributed by atoms with van der Waals surface area (Å²) in [5, 5.41) is 14.2. The molecule has 2 aromatic carbocycles. The van der Waals surface area contributed by atoms with Gasteiger partial charge in [0, 0.05) is 39.8 Å². The molecule has 0 fully saturated rings. The van der Waals surface area contributed by atoms with Gasteiger partial charge >= 0.3 is 0 Å². The summed E-state index contributed by atoms with van der Waals surface area (Å²) in [6, 6.07) is 17.8. The third-order valence-corrected chi connectivity index (χ3v) is 5.58. The molecule has 0 radical (unpaired) electrons. The van der Waals surface area contributed by atoms with Crippen molar-refractivity contribution in [1.82, 2.24) is 9.88 Å². The average molecular weight is 406 g/mol. The molecule has 5 heteroatoms. The molecule has 0 spiro atoms. The van der Waals surface area contributed by atoms with Crippen LogP contribution in [0.2, 0.25) is 5.02 Å². The second kappa shape index (κ2) is 8.98. The van der Waals surface area contributed by atoms with Gasteiger partial charge in [-0.25, -0.2) is 0 Å². The normalized spacial score (nSPS) is 12.6. The molecule has 1 aromatic heterocycles. The van der Waals surface area contributed by atoms with Crippen LogP contribution in [-0.4, -0.2) is 16.5 Å². The lowest BCUT2D eigenvalue weighted by Crippen LogP contribution is -2.32. The highest BCUT2D eigenvalue weighted by Crippen LogP contribution is 2.30. The van der Waals surface area contributed by atoms with Gasteiger partial charge in [-0.2, -0.15) is 5.26 Å².